The van der Waals surface area contributed by atoms with Crippen molar-refractivity contribution in [2.75, 3.05) is 32.8 Å². The first-order chi connectivity index (χ1) is 14.2. The van der Waals surface area contributed by atoms with E-state index < -0.39 is 0 Å². The summed E-state index contributed by atoms with van der Waals surface area (Å²) in [4.78, 5) is 12.1. The van der Waals surface area contributed by atoms with E-state index in [1.54, 1.807) is 21.3 Å². The number of methoxy groups -OCH3 is 3. The molecule has 0 spiro atoms. The Hall–Kier alpha value is -2.50. The van der Waals surface area contributed by atoms with Crippen LogP contribution < -0.4 is 19.1 Å². The summed E-state index contributed by atoms with van der Waals surface area (Å²) in [5.74, 6) is 4.44. The van der Waals surface area contributed by atoms with Crippen molar-refractivity contribution in [3.8, 4) is 28.5 Å². The molecule has 6 heteroatoms. The first kappa shape index (κ1) is 19.8. The molecular formula is C23H31N3O3. The predicted octanol–water partition coefficient (Wildman–Crippen LogP) is 4.57. The summed E-state index contributed by atoms with van der Waals surface area (Å²) >= 11 is 0. The number of ether oxygens (including phenoxy) is 3. The molecule has 0 radical (unpaired) electrons. The predicted molar refractivity (Wildman–Crippen MR) is 114 cm³/mol. The Morgan fingerprint density at radius 2 is 1.62 bits per heavy atom. The molecule has 6 nitrogen and oxygen atoms in total. The number of benzene rings is 1. The van der Waals surface area contributed by atoms with Gasteiger partial charge in [-0.25, -0.2) is 9.97 Å². The molecule has 0 unspecified atom stereocenters. The lowest BCUT2D eigenvalue weighted by atomic mass is 10.1. The number of nitrogens with zero attached hydrogens (tertiary/aromatic N) is 3. The molecule has 2 aliphatic carbocycles. The highest BCUT2D eigenvalue weighted by atomic mass is 16.5. The summed E-state index contributed by atoms with van der Waals surface area (Å²) in [6, 6.07) is 6.22. The van der Waals surface area contributed by atoms with Crippen LogP contribution in [0.1, 0.15) is 39.0 Å². The van der Waals surface area contributed by atoms with Crippen molar-refractivity contribution in [3.05, 3.63) is 24.4 Å². The second-order valence-corrected chi connectivity index (χ2v) is 8.01. The molecule has 2 saturated carbocycles. The molecule has 2 aliphatic rings. The minimum absolute atomic E-state index is 0.574. The van der Waals surface area contributed by atoms with Gasteiger partial charge in [0.05, 0.1) is 32.6 Å². The second-order valence-electron chi connectivity index (χ2n) is 8.01. The molecular weight excluding hydrogens is 366 g/mol. The minimum Gasteiger partial charge on any atom is -0.496 e. The highest BCUT2D eigenvalue weighted by Gasteiger charge is 2.45. The first-order valence-electron chi connectivity index (χ1n) is 10.6. The van der Waals surface area contributed by atoms with Gasteiger partial charge in [0, 0.05) is 30.9 Å². The number of rotatable bonds is 10. The Bertz CT molecular complexity index is 812. The van der Waals surface area contributed by atoms with E-state index in [1.165, 1.54) is 25.7 Å². The smallest absolute Gasteiger partial charge is 0.226 e. The summed E-state index contributed by atoms with van der Waals surface area (Å²) in [5, 5.41) is 0. The minimum atomic E-state index is 0.574. The quantitative estimate of drug-likeness (QED) is 0.585. The van der Waals surface area contributed by atoms with Crippen LogP contribution in [-0.4, -0.2) is 43.9 Å². The van der Waals surface area contributed by atoms with Gasteiger partial charge in [0.2, 0.25) is 5.95 Å². The fraction of sp³-hybridized carbons (Fsp3) is 0.565. The summed E-state index contributed by atoms with van der Waals surface area (Å²) in [7, 11) is 4.94. The molecule has 29 heavy (non-hydrogen) atoms. The van der Waals surface area contributed by atoms with Crippen molar-refractivity contribution in [2.24, 2.45) is 11.8 Å². The normalized spacial score (nSPS) is 16.0. The van der Waals surface area contributed by atoms with Crippen LogP contribution >= 0.6 is 0 Å². The first-order valence-corrected chi connectivity index (χ1v) is 10.6. The monoisotopic (exact) mass is 397 g/mol. The Morgan fingerprint density at radius 1 is 1.00 bits per heavy atom. The zero-order valence-electron chi connectivity index (χ0n) is 17.9. The maximum absolute atomic E-state index is 5.64. The van der Waals surface area contributed by atoms with Gasteiger partial charge in [-0.05, 0) is 50.0 Å². The van der Waals surface area contributed by atoms with Crippen molar-refractivity contribution in [1.29, 1.82) is 0 Å². The van der Waals surface area contributed by atoms with Crippen LogP contribution in [0.3, 0.4) is 0 Å². The lowest BCUT2D eigenvalue weighted by molar-refractivity contribution is 0.377. The number of hydrogen-bond donors (Lipinski definition) is 0. The topological polar surface area (TPSA) is 56.7 Å². The molecule has 0 aliphatic heterocycles. The fourth-order valence-electron chi connectivity index (χ4n) is 4.28. The van der Waals surface area contributed by atoms with E-state index in [-0.39, 0.29) is 0 Å². The van der Waals surface area contributed by atoms with Crippen molar-refractivity contribution in [1.82, 2.24) is 9.97 Å². The molecule has 1 aromatic heterocycles. The third kappa shape index (κ3) is 4.11. The van der Waals surface area contributed by atoms with Crippen LogP contribution in [0.4, 0.5) is 5.95 Å². The zero-order valence-corrected chi connectivity index (χ0v) is 17.9. The number of aromatic nitrogens is 2. The summed E-state index contributed by atoms with van der Waals surface area (Å²) < 4.78 is 16.7. The van der Waals surface area contributed by atoms with Crippen LogP contribution in [-0.2, 0) is 0 Å². The van der Waals surface area contributed by atoms with Crippen molar-refractivity contribution in [3.63, 3.8) is 0 Å². The third-order valence-corrected chi connectivity index (χ3v) is 5.91. The number of anilines is 1. The molecule has 1 heterocycles. The molecule has 2 fully saturated rings. The largest absolute Gasteiger partial charge is 0.496 e. The molecule has 2 aromatic rings. The van der Waals surface area contributed by atoms with E-state index in [0.717, 1.165) is 42.0 Å². The van der Waals surface area contributed by atoms with E-state index in [4.69, 9.17) is 19.2 Å². The molecule has 0 saturated heterocycles. The van der Waals surface area contributed by atoms with Crippen LogP contribution in [0.5, 0.6) is 17.2 Å². The zero-order chi connectivity index (χ0) is 20.4. The van der Waals surface area contributed by atoms with E-state index in [2.05, 4.69) is 16.8 Å². The Balaban J connectivity index is 1.75. The molecule has 4 rings (SSSR count). The second kappa shape index (κ2) is 8.47. The maximum Gasteiger partial charge on any atom is 0.226 e. The Kier molecular flexibility index (Phi) is 5.79. The summed E-state index contributed by atoms with van der Waals surface area (Å²) in [6.45, 7) is 3.21. The summed E-state index contributed by atoms with van der Waals surface area (Å²) in [5.41, 5.74) is 1.63. The Labute approximate surface area is 173 Å². The van der Waals surface area contributed by atoms with Gasteiger partial charge >= 0.3 is 0 Å². The van der Waals surface area contributed by atoms with Crippen molar-refractivity contribution < 1.29 is 14.2 Å². The van der Waals surface area contributed by atoms with Gasteiger partial charge in [0.15, 0.2) is 0 Å². The molecule has 0 amide bonds. The standard InChI is InChI=1S/C23H31N3O3/c1-5-12-26(22(15-6-7-15)16-8-9-16)23-24-11-10-18(25-23)21-19(28-3)13-17(27-2)14-20(21)29-4/h10-11,13-16,22H,5-9,12H2,1-4H3. The molecule has 0 N–H and O–H groups in total. The van der Waals surface area contributed by atoms with Gasteiger partial charge in [-0.1, -0.05) is 6.92 Å². The lowest BCUT2D eigenvalue weighted by Gasteiger charge is -2.32. The van der Waals surface area contributed by atoms with E-state index >= 15 is 0 Å². The van der Waals surface area contributed by atoms with E-state index in [0.29, 0.717) is 23.3 Å². The molecule has 0 bridgehead atoms. The fourth-order valence-corrected chi connectivity index (χ4v) is 4.28. The van der Waals surface area contributed by atoms with Gasteiger partial charge in [0.1, 0.15) is 17.2 Å². The van der Waals surface area contributed by atoms with Crippen molar-refractivity contribution in [2.45, 2.75) is 45.1 Å². The average molecular weight is 398 g/mol. The average Bonchev–Trinajstić information content (AvgIpc) is 3.67. The van der Waals surface area contributed by atoms with Gasteiger partial charge in [-0.15, -0.1) is 0 Å². The van der Waals surface area contributed by atoms with Crippen LogP contribution in [0.15, 0.2) is 24.4 Å². The van der Waals surface area contributed by atoms with Gasteiger partial charge in [-0.2, -0.15) is 0 Å². The van der Waals surface area contributed by atoms with Crippen LogP contribution in [0, 0.1) is 11.8 Å². The highest BCUT2D eigenvalue weighted by Crippen LogP contribution is 2.48. The van der Waals surface area contributed by atoms with E-state index in [1.807, 2.05) is 24.4 Å². The van der Waals surface area contributed by atoms with Gasteiger partial charge in [0.25, 0.3) is 0 Å². The highest BCUT2D eigenvalue weighted by molar-refractivity contribution is 5.76. The van der Waals surface area contributed by atoms with Gasteiger partial charge < -0.3 is 19.1 Å². The molecule has 1 aromatic carbocycles. The maximum atomic E-state index is 5.64. The lowest BCUT2D eigenvalue weighted by Crippen LogP contribution is -2.40. The third-order valence-electron chi connectivity index (χ3n) is 5.91. The van der Waals surface area contributed by atoms with Crippen LogP contribution in [0.2, 0.25) is 0 Å². The Morgan fingerprint density at radius 3 is 2.10 bits per heavy atom. The molecule has 156 valence electrons. The summed E-state index contributed by atoms with van der Waals surface area (Å²) in [6.07, 6.45) is 8.27. The van der Waals surface area contributed by atoms with Gasteiger partial charge in [-0.3, -0.25) is 0 Å². The molecule has 0 atom stereocenters. The SMILES string of the molecule is CCCN(c1nccc(-c2c(OC)cc(OC)cc2OC)n1)C(C1CC1)C1CC1. The number of hydrogen-bond acceptors (Lipinski definition) is 6. The van der Waals surface area contributed by atoms with Crippen molar-refractivity contribution >= 4 is 5.95 Å². The van der Waals surface area contributed by atoms with E-state index in [9.17, 15) is 0 Å². The van der Waals surface area contributed by atoms with Crippen LogP contribution in [0.25, 0.3) is 11.3 Å².